The van der Waals surface area contributed by atoms with Gasteiger partial charge in [-0.05, 0) is 43.5 Å². The van der Waals surface area contributed by atoms with Crippen LogP contribution in [0.15, 0.2) is 41.8 Å². The van der Waals surface area contributed by atoms with E-state index in [0.717, 1.165) is 16.3 Å². The molecule has 1 N–H and O–H groups in total. The van der Waals surface area contributed by atoms with Crippen LogP contribution in [0.2, 0.25) is 5.02 Å². The van der Waals surface area contributed by atoms with Crippen LogP contribution in [0, 0.1) is 19.7 Å². The lowest BCUT2D eigenvalue weighted by Crippen LogP contribution is -2.33. The standard InChI is InChI=1S/C19H19ClFN3OS/c1-12-9-13(2)24(23-12)17(18-7-4-8-26-18)11-22-19(25)10-14-15(20)5-3-6-16(14)21/h3-9,17H,10-11H2,1-2H3,(H,22,25). The van der Waals surface area contributed by atoms with Gasteiger partial charge in [0.05, 0.1) is 12.1 Å². The third-order valence-corrected chi connectivity index (χ3v) is 5.43. The maximum Gasteiger partial charge on any atom is 0.224 e. The van der Waals surface area contributed by atoms with Gasteiger partial charge < -0.3 is 5.32 Å². The average molecular weight is 392 g/mol. The smallest absolute Gasteiger partial charge is 0.224 e. The van der Waals surface area contributed by atoms with E-state index in [9.17, 15) is 9.18 Å². The highest BCUT2D eigenvalue weighted by Gasteiger charge is 2.20. The van der Waals surface area contributed by atoms with Gasteiger partial charge in [0.1, 0.15) is 11.9 Å². The highest BCUT2D eigenvalue weighted by Crippen LogP contribution is 2.24. The van der Waals surface area contributed by atoms with Gasteiger partial charge in [-0.15, -0.1) is 11.3 Å². The maximum absolute atomic E-state index is 13.9. The highest BCUT2D eigenvalue weighted by atomic mass is 35.5. The Morgan fingerprint density at radius 1 is 1.35 bits per heavy atom. The van der Waals surface area contributed by atoms with Crippen LogP contribution in [-0.2, 0) is 11.2 Å². The van der Waals surface area contributed by atoms with E-state index in [2.05, 4.69) is 10.4 Å². The summed E-state index contributed by atoms with van der Waals surface area (Å²) in [6, 6.07) is 10.3. The van der Waals surface area contributed by atoms with Crippen LogP contribution in [0.4, 0.5) is 4.39 Å². The first-order chi connectivity index (χ1) is 12.5. The SMILES string of the molecule is Cc1cc(C)n(C(CNC(=O)Cc2c(F)cccc2Cl)c2cccs2)n1. The molecule has 0 bridgehead atoms. The number of aromatic nitrogens is 2. The molecule has 7 heteroatoms. The quantitative estimate of drug-likeness (QED) is 0.680. The summed E-state index contributed by atoms with van der Waals surface area (Å²) < 4.78 is 15.8. The predicted molar refractivity (Wildman–Crippen MR) is 102 cm³/mol. The van der Waals surface area contributed by atoms with Gasteiger partial charge in [-0.2, -0.15) is 5.10 Å². The van der Waals surface area contributed by atoms with E-state index < -0.39 is 5.82 Å². The molecule has 2 aromatic heterocycles. The van der Waals surface area contributed by atoms with Gasteiger partial charge in [0.25, 0.3) is 0 Å². The Balaban J connectivity index is 1.74. The second-order valence-corrected chi connectivity index (χ2v) is 7.47. The molecule has 0 aliphatic rings. The Morgan fingerprint density at radius 2 is 2.15 bits per heavy atom. The van der Waals surface area contributed by atoms with Crippen molar-refractivity contribution in [3.63, 3.8) is 0 Å². The first kappa shape index (κ1) is 18.6. The molecule has 0 saturated carbocycles. The largest absolute Gasteiger partial charge is 0.353 e. The summed E-state index contributed by atoms with van der Waals surface area (Å²) >= 11 is 7.62. The molecule has 136 valence electrons. The summed E-state index contributed by atoms with van der Waals surface area (Å²) in [4.78, 5) is 13.4. The van der Waals surface area contributed by atoms with Gasteiger partial charge in [-0.3, -0.25) is 9.48 Å². The number of aryl methyl sites for hydroxylation is 2. The van der Waals surface area contributed by atoms with Crippen LogP contribution in [0.5, 0.6) is 0 Å². The number of nitrogens with one attached hydrogen (secondary N) is 1. The molecule has 1 atom stereocenters. The molecule has 3 rings (SSSR count). The Labute approximate surface area is 160 Å². The van der Waals surface area contributed by atoms with Gasteiger partial charge in [0.2, 0.25) is 5.91 Å². The average Bonchev–Trinajstić information content (AvgIpc) is 3.22. The van der Waals surface area contributed by atoms with E-state index in [4.69, 9.17) is 11.6 Å². The fourth-order valence-electron chi connectivity index (χ4n) is 2.88. The number of carbonyl (C=O) groups is 1. The molecule has 4 nitrogen and oxygen atoms in total. The summed E-state index contributed by atoms with van der Waals surface area (Å²) in [6.07, 6.45) is -0.0974. The zero-order valence-electron chi connectivity index (χ0n) is 14.5. The van der Waals surface area contributed by atoms with Crippen molar-refractivity contribution in [3.8, 4) is 0 Å². The molecular weight excluding hydrogens is 373 g/mol. The van der Waals surface area contributed by atoms with Gasteiger partial charge in [-0.1, -0.05) is 23.7 Å². The molecule has 2 heterocycles. The molecular formula is C19H19ClFN3OS. The summed E-state index contributed by atoms with van der Waals surface area (Å²) in [5.41, 5.74) is 2.16. The molecule has 0 aliphatic heterocycles. The van der Waals surface area contributed by atoms with Crippen molar-refractivity contribution in [3.05, 3.63) is 74.4 Å². The number of hydrogen-bond donors (Lipinski definition) is 1. The number of carbonyl (C=O) groups excluding carboxylic acids is 1. The topological polar surface area (TPSA) is 46.9 Å². The molecule has 3 aromatic rings. The van der Waals surface area contributed by atoms with Crippen molar-refractivity contribution in [1.82, 2.24) is 15.1 Å². The van der Waals surface area contributed by atoms with Gasteiger partial charge >= 0.3 is 0 Å². The van der Waals surface area contributed by atoms with Crippen molar-refractivity contribution in [2.24, 2.45) is 0 Å². The van der Waals surface area contributed by atoms with Gasteiger partial charge in [-0.25, -0.2) is 4.39 Å². The van der Waals surface area contributed by atoms with Gasteiger partial charge in [0, 0.05) is 27.7 Å². The number of rotatable bonds is 6. The summed E-state index contributed by atoms with van der Waals surface area (Å²) in [7, 11) is 0. The summed E-state index contributed by atoms with van der Waals surface area (Å²) in [6.45, 7) is 4.29. The first-order valence-corrected chi connectivity index (χ1v) is 9.47. The van der Waals surface area contributed by atoms with Crippen LogP contribution >= 0.6 is 22.9 Å². The van der Waals surface area contributed by atoms with Crippen molar-refractivity contribution < 1.29 is 9.18 Å². The lowest BCUT2D eigenvalue weighted by molar-refractivity contribution is -0.120. The summed E-state index contributed by atoms with van der Waals surface area (Å²) in [5.74, 6) is -0.749. The van der Waals surface area contributed by atoms with E-state index in [-0.39, 0.29) is 29.0 Å². The number of benzene rings is 1. The van der Waals surface area contributed by atoms with E-state index in [1.807, 2.05) is 42.1 Å². The lowest BCUT2D eigenvalue weighted by atomic mass is 10.1. The molecule has 1 unspecified atom stereocenters. The Morgan fingerprint density at radius 3 is 2.77 bits per heavy atom. The van der Waals surface area contributed by atoms with Crippen molar-refractivity contribution in [2.75, 3.05) is 6.54 Å². The van der Waals surface area contributed by atoms with Gasteiger partial charge in [0.15, 0.2) is 0 Å². The Bertz CT molecular complexity index is 887. The minimum absolute atomic E-state index is 0.0974. The van der Waals surface area contributed by atoms with E-state index in [0.29, 0.717) is 6.54 Å². The van der Waals surface area contributed by atoms with Crippen molar-refractivity contribution in [2.45, 2.75) is 26.3 Å². The second kappa shape index (κ2) is 8.01. The highest BCUT2D eigenvalue weighted by molar-refractivity contribution is 7.10. The molecule has 0 aliphatic carbocycles. The van der Waals surface area contributed by atoms with Crippen LogP contribution < -0.4 is 5.32 Å². The molecule has 26 heavy (non-hydrogen) atoms. The molecule has 0 radical (unpaired) electrons. The van der Waals surface area contributed by atoms with Crippen LogP contribution in [0.25, 0.3) is 0 Å². The van der Waals surface area contributed by atoms with Crippen molar-refractivity contribution in [1.29, 1.82) is 0 Å². The number of halogens is 2. The number of nitrogens with zero attached hydrogens (tertiary/aromatic N) is 2. The second-order valence-electron chi connectivity index (χ2n) is 6.08. The monoisotopic (exact) mass is 391 g/mol. The van der Waals surface area contributed by atoms with E-state index in [1.54, 1.807) is 17.4 Å². The molecule has 0 fully saturated rings. The predicted octanol–water partition coefficient (Wildman–Crippen LogP) is 4.30. The third kappa shape index (κ3) is 4.14. The van der Waals surface area contributed by atoms with E-state index in [1.165, 1.54) is 12.1 Å². The molecule has 1 aromatic carbocycles. The fourth-order valence-corrected chi connectivity index (χ4v) is 3.93. The summed E-state index contributed by atoms with van der Waals surface area (Å²) in [5, 5.41) is 9.69. The van der Waals surface area contributed by atoms with E-state index >= 15 is 0 Å². The van der Waals surface area contributed by atoms with Crippen LogP contribution in [0.1, 0.15) is 27.9 Å². The molecule has 1 amide bonds. The van der Waals surface area contributed by atoms with Crippen molar-refractivity contribution >= 4 is 28.8 Å². The minimum atomic E-state index is -0.471. The normalized spacial score (nSPS) is 12.2. The Hall–Kier alpha value is -2.18. The zero-order chi connectivity index (χ0) is 18.7. The number of thiophene rings is 1. The number of amides is 1. The molecule has 0 saturated heterocycles. The van der Waals surface area contributed by atoms with Crippen LogP contribution in [-0.4, -0.2) is 22.2 Å². The Kier molecular flexibility index (Phi) is 5.74. The third-order valence-electron chi connectivity index (χ3n) is 4.10. The van der Waals surface area contributed by atoms with Crippen LogP contribution in [0.3, 0.4) is 0 Å². The zero-order valence-corrected chi connectivity index (χ0v) is 16.1. The fraction of sp³-hybridized carbons (Fsp3) is 0.263. The first-order valence-electron chi connectivity index (χ1n) is 8.21. The molecule has 0 spiro atoms. The maximum atomic E-state index is 13.9. The number of hydrogen-bond acceptors (Lipinski definition) is 3. The lowest BCUT2D eigenvalue weighted by Gasteiger charge is -2.19. The minimum Gasteiger partial charge on any atom is -0.353 e.